The molecular formula is C24H29N3O. The van der Waals surface area contributed by atoms with Gasteiger partial charge in [0.15, 0.2) is 0 Å². The van der Waals surface area contributed by atoms with Crippen LogP contribution in [0.1, 0.15) is 46.6 Å². The zero-order chi connectivity index (χ0) is 20.1. The highest BCUT2D eigenvalue weighted by atomic mass is 16.1. The molecule has 0 radical (unpaired) electrons. The molecule has 4 nitrogen and oxygen atoms in total. The van der Waals surface area contributed by atoms with Crippen LogP contribution in [0.15, 0.2) is 48.5 Å². The van der Waals surface area contributed by atoms with E-state index in [-0.39, 0.29) is 5.91 Å². The van der Waals surface area contributed by atoms with Crippen LogP contribution in [0.5, 0.6) is 0 Å². The van der Waals surface area contributed by atoms with Crippen molar-refractivity contribution in [1.82, 2.24) is 15.2 Å². The number of rotatable bonds is 7. The lowest BCUT2D eigenvalue weighted by Crippen LogP contribution is -2.26. The third-order valence-electron chi connectivity index (χ3n) is 5.25. The largest absolute Gasteiger partial charge is 0.348 e. The van der Waals surface area contributed by atoms with Gasteiger partial charge in [-0.3, -0.25) is 14.7 Å². The van der Waals surface area contributed by atoms with Gasteiger partial charge in [0.1, 0.15) is 0 Å². The summed E-state index contributed by atoms with van der Waals surface area (Å²) in [6.07, 6.45) is 0. The van der Waals surface area contributed by atoms with Crippen LogP contribution in [0, 0.1) is 13.8 Å². The number of aryl methyl sites for hydroxylation is 2. The standard InChI is InChI=1S/C24H29N3O/c1-5-27(6-2)16-20-10-8-7-9-19(20)15-25-24(28)22-14-21-13-17(3)11-12-23(21)26-18(22)4/h7-14H,5-6,15-16H2,1-4H3,(H,25,28). The summed E-state index contributed by atoms with van der Waals surface area (Å²) < 4.78 is 0. The van der Waals surface area contributed by atoms with Crippen LogP contribution >= 0.6 is 0 Å². The predicted octanol–water partition coefficient (Wildman–Crippen LogP) is 4.62. The van der Waals surface area contributed by atoms with Gasteiger partial charge in [0.25, 0.3) is 5.91 Å². The quantitative estimate of drug-likeness (QED) is 0.655. The molecule has 1 aromatic heterocycles. The number of nitrogens with zero attached hydrogens (tertiary/aromatic N) is 2. The second-order valence-electron chi connectivity index (χ2n) is 7.23. The fourth-order valence-corrected chi connectivity index (χ4v) is 3.47. The Morgan fingerprint density at radius 1 is 1.00 bits per heavy atom. The molecule has 28 heavy (non-hydrogen) atoms. The molecule has 0 aliphatic carbocycles. The maximum absolute atomic E-state index is 12.9. The number of carbonyl (C=O) groups is 1. The van der Waals surface area contributed by atoms with Gasteiger partial charge < -0.3 is 5.32 Å². The van der Waals surface area contributed by atoms with E-state index in [1.165, 1.54) is 5.56 Å². The molecule has 0 unspecified atom stereocenters. The van der Waals surface area contributed by atoms with Crippen LogP contribution in [0.3, 0.4) is 0 Å². The molecule has 0 saturated carbocycles. The zero-order valence-corrected chi connectivity index (χ0v) is 17.2. The Kier molecular flexibility index (Phi) is 6.42. The molecule has 0 spiro atoms. The molecule has 146 valence electrons. The van der Waals surface area contributed by atoms with Crippen molar-refractivity contribution < 1.29 is 4.79 Å². The minimum Gasteiger partial charge on any atom is -0.348 e. The minimum absolute atomic E-state index is 0.0777. The van der Waals surface area contributed by atoms with Gasteiger partial charge in [0, 0.05) is 18.5 Å². The first kappa shape index (κ1) is 20.0. The van der Waals surface area contributed by atoms with Crippen molar-refractivity contribution in [1.29, 1.82) is 0 Å². The summed E-state index contributed by atoms with van der Waals surface area (Å²) in [6.45, 7) is 11.7. The number of hydrogen-bond acceptors (Lipinski definition) is 3. The lowest BCUT2D eigenvalue weighted by atomic mass is 10.1. The molecule has 0 bridgehead atoms. The molecule has 1 amide bonds. The highest BCUT2D eigenvalue weighted by Crippen LogP contribution is 2.18. The maximum Gasteiger partial charge on any atom is 0.253 e. The van der Waals surface area contributed by atoms with Crippen LogP contribution < -0.4 is 5.32 Å². The summed E-state index contributed by atoms with van der Waals surface area (Å²) in [7, 11) is 0. The fraction of sp³-hybridized carbons (Fsp3) is 0.333. The lowest BCUT2D eigenvalue weighted by molar-refractivity contribution is 0.0950. The van der Waals surface area contributed by atoms with Crippen molar-refractivity contribution in [3.63, 3.8) is 0 Å². The van der Waals surface area contributed by atoms with E-state index < -0.39 is 0 Å². The van der Waals surface area contributed by atoms with Gasteiger partial charge in [-0.25, -0.2) is 0 Å². The number of carbonyl (C=O) groups excluding carboxylic acids is 1. The van der Waals surface area contributed by atoms with Crippen LogP contribution in [0.2, 0.25) is 0 Å². The Morgan fingerprint density at radius 3 is 2.43 bits per heavy atom. The van der Waals surface area contributed by atoms with E-state index >= 15 is 0 Å². The van der Waals surface area contributed by atoms with Gasteiger partial charge >= 0.3 is 0 Å². The van der Waals surface area contributed by atoms with Crippen LogP contribution in [-0.2, 0) is 13.1 Å². The van der Waals surface area contributed by atoms with Crippen LogP contribution in [-0.4, -0.2) is 28.9 Å². The molecule has 0 aliphatic heterocycles. The van der Waals surface area contributed by atoms with Crippen LogP contribution in [0.25, 0.3) is 10.9 Å². The van der Waals surface area contributed by atoms with Crippen molar-refractivity contribution in [3.05, 3.63) is 76.5 Å². The summed E-state index contributed by atoms with van der Waals surface area (Å²) >= 11 is 0. The number of benzene rings is 2. The Bertz CT molecular complexity index is 977. The molecule has 1 N–H and O–H groups in total. The van der Waals surface area contributed by atoms with E-state index in [0.717, 1.165) is 47.4 Å². The molecule has 0 fully saturated rings. The number of pyridine rings is 1. The second-order valence-corrected chi connectivity index (χ2v) is 7.23. The first-order valence-corrected chi connectivity index (χ1v) is 9.97. The van der Waals surface area contributed by atoms with E-state index in [0.29, 0.717) is 12.1 Å². The number of nitrogens with one attached hydrogen (secondary N) is 1. The zero-order valence-electron chi connectivity index (χ0n) is 17.2. The molecule has 1 heterocycles. The molecule has 0 saturated heterocycles. The Hall–Kier alpha value is -2.72. The minimum atomic E-state index is -0.0777. The highest BCUT2D eigenvalue weighted by molar-refractivity contribution is 5.98. The van der Waals surface area contributed by atoms with Gasteiger partial charge in [-0.15, -0.1) is 0 Å². The normalized spacial score (nSPS) is 11.2. The van der Waals surface area contributed by atoms with E-state index in [1.807, 2.05) is 38.1 Å². The molecule has 4 heteroatoms. The fourth-order valence-electron chi connectivity index (χ4n) is 3.47. The van der Waals surface area contributed by atoms with Gasteiger partial charge in [0.05, 0.1) is 16.8 Å². The number of amides is 1. The third kappa shape index (κ3) is 4.57. The number of fused-ring (bicyclic) bond motifs is 1. The van der Waals surface area contributed by atoms with Gasteiger partial charge in [0.2, 0.25) is 0 Å². The molecule has 2 aromatic carbocycles. The molecule has 3 aromatic rings. The summed E-state index contributed by atoms with van der Waals surface area (Å²) in [5.41, 5.74) is 5.89. The highest BCUT2D eigenvalue weighted by Gasteiger charge is 2.13. The van der Waals surface area contributed by atoms with E-state index in [2.05, 4.69) is 53.3 Å². The van der Waals surface area contributed by atoms with Crippen molar-refractivity contribution in [3.8, 4) is 0 Å². The van der Waals surface area contributed by atoms with Crippen molar-refractivity contribution in [2.75, 3.05) is 13.1 Å². The maximum atomic E-state index is 12.9. The Labute approximate surface area is 167 Å². The van der Waals surface area contributed by atoms with Crippen molar-refractivity contribution in [2.24, 2.45) is 0 Å². The molecule has 3 rings (SSSR count). The van der Waals surface area contributed by atoms with Gasteiger partial charge in [-0.1, -0.05) is 49.7 Å². The lowest BCUT2D eigenvalue weighted by Gasteiger charge is -2.20. The topological polar surface area (TPSA) is 45.2 Å². The van der Waals surface area contributed by atoms with Crippen LogP contribution in [0.4, 0.5) is 0 Å². The van der Waals surface area contributed by atoms with E-state index in [1.54, 1.807) is 0 Å². The average molecular weight is 376 g/mol. The molecular weight excluding hydrogens is 346 g/mol. The SMILES string of the molecule is CCN(CC)Cc1ccccc1CNC(=O)c1cc2cc(C)ccc2nc1C. The summed E-state index contributed by atoms with van der Waals surface area (Å²) in [6, 6.07) is 16.4. The summed E-state index contributed by atoms with van der Waals surface area (Å²) in [5, 5.41) is 4.09. The second kappa shape index (κ2) is 8.98. The Morgan fingerprint density at radius 2 is 1.71 bits per heavy atom. The predicted molar refractivity (Wildman–Crippen MR) is 115 cm³/mol. The smallest absolute Gasteiger partial charge is 0.253 e. The number of hydrogen-bond donors (Lipinski definition) is 1. The van der Waals surface area contributed by atoms with E-state index in [9.17, 15) is 4.79 Å². The Balaban J connectivity index is 1.78. The first-order valence-electron chi connectivity index (χ1n) is 9.97. The third-order valence-corrected chi connectivity index (χ3v) is 5.25. The average Bonchev–Trinajstić information content (AvgIpc) is 2.70. The summed E-state index contributed by atoms with van der Waals surface area (Å²) in [4.78, 5) is 19.8. The van der Waals surface area contributed by atoms with E-state index in [4.69, 9.17) is 0 Å². The van der Waals surface area contributed by atoms with Crippen molar-refractivity contribution >= 4 is 16.8 Å². The molecule has 0 aliphatic rings. The van der Waals surface area contributed by atoms with Gasteiger partial charge in [-0.2, -0.15) is 0 Å². The number of aromatic nitrogens is 1. The molecule has 0 atom stereocenters. The monoisotopic (exact) mass is 375 g/mol. The van der Waals surface area contributed by atoms with Gasteiger partial charge in [-0.05, 0) is 56.3 Å². The summed E-state index contributed by atoms with van der Waals surface area (Å²) in [5.74, 6) is -0.0777. The van der Waals surface area contributed by atoms with Crippen molar-refractivity contribution in [2.45, 2.75) is 40.8 Å². The first-order chi connectivity index (χ1) is 13.5.